The molecule has 0 atom stereocenters. The third kappa shape index (κ3) is 3.33. The van der Waals surface area contributed by atoms with Crippen molar-refractivity contribution in [1.29, 1.82) is 0 Å². The van der Waals surface area contributed by atoms with Gasteiger partial charge in [0, 0.05) is 11.1 Å². The van der Waals surface area contributed by atoms with Gasteiger partial charge in [-0.25, -0.2) is 0 Å². The van der Waals surface area contributed by atoms with Crippen LogP contribution in [0, 0.1) is 5.41 Å². The van der Waals surface area contributed by atoms with Gasteiger partial charge in [0.1, 0.15) is 5.75 Å². The number of ketones is 1. The number of Topliss-reactive ketones (excluding diaryl/α,β-unsaturated/α-hetero) is 1. The van der Waals surface area contributed by atoms with Crippen molar-refractivity contribution in [2.45, 2.75) is 20.3 Å². The Morgan fingerprint density at radius 1 is 1.23 bits per heavy atom. The van der Waals surface area contributed by atoms with Crippen molar-refractivity contribution < 1.29 is 19.1 Å². The third-order valence-electron chi connectivity index (χ3n) is 3.41. The van der Waals surface area contributed by atoms with Crippen LogP contribution in [0.4, 0.5) is 0 Å². The summed E-state index contributed by atoms with van der Waals surface area (Å²) in [6, 6.07) is 5.67. The van der Waals surface area contributed by atoms with E-state index in [1.165, 1.54) is 18.4 Å². The third-order valence-corrected chi connectivity index (χ3v) is 5.16. The first kappa shape index (κ1) is 17.0. The Bertz CT molecular complexity index is 733. The zero-order valence-corrected chi connectivity index (χ0v) is 15.3. The van der Waals surface area contributed by atoms with Crippen molar-refractivity contribution in [3.8, 4) is 5.75 Å². The van der Waals surface area contributed by atoms with Crippen LogP contribution in [0.3, 0.4) is 0 Å². The summed E-state index contributed by atoms with van der Waals surface area (Å²) in [5, 5.41) is 0.969. The van der Waals surface area contributed by atoms with E-state index >= 15 is 0 Å². The molecule has 0 spiro atoms. The van der Waals surface area contributed by atoms with Gasteiger partial charge in [-0.2, -0.15) is 0 Å². The smallest absolute Gasteiger partial charge is 0.311 e. The van der Waals surface area contributed by atoms with Crippen molar-refractivity contribution in [1.82, 2.24) is 0 Å². The number of halogens is 1. The molecule has 2 rings (SSSR count). The second-order valence-corrected chi connectivity index (χ2v) is 7.55. The summed E-state index contributed by atoms with van der Waals surface area (Å²) >= 11 is 4.84. The Kier molecular flexibility index (Phi) is 4.92. The van der Waals surface area contributed by atoms with E-state index in [2.05, 4.69) is 15.9 Å². The molecule has 0 saturated carbocycles. The molecule has 1 aromatic heterocycles. The molecule has 118 valence electrons. The molecule has 0 aliphatic heterocycles. The minimum atomic E-state index is -0.833. The molecule has 2 aromatic rings. The Balaban J connectivity index is 2.31. The van der Waals surface area contributed by atoms with Crippen molar-refractivity contribution in [2.24, 2.45) is 5.41 Å². The molecular formula is C16H17BrO4S. The number of thiophene rings is 1. The van der Waals surface area contributed by atoms with Crippen LogP contribution >= 0.6 is 27.3 Å². The van der Waals surface area contributed by atoms with Gasteiger partial charge < -0.3 is 9.47 Å². The molecule has 0 radical (unpaired) electrons. The van der Waals surface area contributed by atoms with Gasteiger partial charge in [-0.1, -0.05) is 0 Å². The second kappa shape index (κ2) is 6.38. The monoisotopic (exact) mass is 384 g/mol. The van der Waals surface area contributed by atoms with E-state index in [-0.39, 0.29) is 18.2 Å². The van der Waals surface area contributed by atoms with E-state index in [1.54, 1.807) is 21.0 Å². The van der Waals surface area contributed by atoms with Crippen LogP contribution in [0.25, 0.3) is 10.1 Å². The molecular weight excluding hydrogens is 368 g/mol. The predicted octanol–water partition coefficient (Wildman–Crippen LogP) is 4.44. The number of ether oxygens (including phenoxy) is 2. The summed E-state index contributed by atoms with van der Waals surface area (Å²) in [5.74, 6) is 0.279. The van der Waals surface area contributed by atoms with E-state index in [0.29, 0.717) is 4.88 Å². The molecule has 1 aromatic carbocycles. The lowest BCUT2D eigenvalue weighted by Crippen LogP contribution is -2.28. The molecule has 1 heterocycles. The molecule has 0 bridgehead atoms. The van der Waals surface area contributed by atoms with Gasteiger partial charge in [-0.3, -0.25) is 9.59 Å². The molecule has 4 nitrogen and oxygen atoms in total. The summed E-state index contributed by atoms with van der Waals surface area (Å²) in [6.45, 7) is 3.42. The van der Waals surface area contributed by atoms with Gasteiger partial charge in [-0.15, -0.1) is 11.3 Å². The van der Waals surface area contributed by atoms with Crippen LogP contribution in [0.15, 0.2) is 22.7 Å². The number of rotatable bonds is 5. The number of fused-ring (bicyclic) bond motifs is 1. The maximum absolute atomic E-state index is 12.4. The van der Waals surface area contributed by atoms with Gasteiger partial charge >= 0.3 is 5.97 Å². The number of carbonyl (C=O) groups is 2. The number of hydrogen-bond donors (Lipinski definition) is 0. The molecule has 22 heavy (non-hydrogen) atoms. The van der Waals surface area contributed by atoms with E-state index in [4.69, 9.17) is 9.47 Å². The van der Waals surface area contributed by atoms with Crippen LogP contribution < -0.4 is 4.74 Å². The molecule has 0 aliphatic carbocycles. The topological polar surface area (TPSA) is 52.6 Å². The predicted molar refractivity (Wildman–Crippen MR) is 90.8 cm³/mol. The van der Waals surface area contributed by atoms with Gasteiger partial charge in [-0.05, 0) is 53.4 Å². The summed E-state index contributed by atoms with van der Waals surface area (Å²) < 4.78 is 11.8. The minimum Gasteiger partial charge on any atom is -0.496 e. The zero-order valence-electron chi connectivity index (χ0n) is 12.9. The SMILES string of the molecule is COC(=O)C(C)(C)CC(=O)c1cc2cc(Br)c(OC)cc2s1. The fraction of sp³-hybridized carbons (Fsp3) is 0.375. The molecule has 0 aliphatic rings. The lowest BCUT2D eigenvalue weighted by atomic mass is 9.87. The van der Waals surface area contributed by atoms with Crippen LogP contribution in [0.5, 0.6) is 5.75 Å². The quantitative estimate of drug-likeness (QED) is 0.564. The summed E-state index contributed by atoms with van der Waals surface area (Å²) in [6.07, 6.45) is 0.116. The first-order chi connectivity index (χ1) is 10.3. The summed E-state index contributed by atoms with van der Waals surface area (Å²) in [7, 11) is 2.93. The largest absolute Gasteiger partial charge is 0.496 e. The summed E-state index contributed by atoms with van der Waals surface area (Å²) in [4.78, 5) is 24.8. The van der Waals surface area contributed by atoms with Gasteiger partial charge in [0.2, 0.25) is 0 Å². The number of esters is 1. The summed E-state index contributed by atoms with van der Waals surface area (Å²) in [5.41, 5.74) is -0.833. The van der Waals surface area contributed by atoms with E-state index in [9.17, 15) is 9.59 Å². The maximum atomic E-state index is 12.4. The fourth-order valence-electron chi connectivity index (χ4n) is 2.17. The average Bonchev–Trinajstić information content (AvgIpc) is 2.87. The van der Waals surface area contributed by atoms with Crippen molar-refractivity contribution in [2.75, 3.05) is 14.2 Å². The molecule has 0 amide bonds. The van der Waals surface area contributed by atoms with E-state index < -0.39 is 5.41 Å². The van der Waals surface area contributed by atoms with Crippen molar-refractivity contribution >= 4 is 49.1 Å². The molecule has 6 heteroatoms. The standard InChI is InChI=1S/C16H17BrO4S/c1-16(2,15(19)21-4)8-11(18)14-6-9-5-10(17)12(20-3)7-13(9)22-14/h5-7H,8H2,1-4H3. The van der Waals surface area contributed by atoms with Crippen LogP contribution in [-0.2, 0) is 9.53 Å². The normalized spacial score (nSPS) is 11.5. The Morgan fingerprint density at radius 2 is 1.91 bits per heavy atom. The van der Waals surface area contributed by atoms with Crippen molar-refractivity contribution in [3.05, 3.63) is 27.5 Å². The van der Waals surface area contributed by atoms with Crippen LogP contribution in [0.1, 0.15) is 29.9 Å². The second-order valence-electron chi connectivity index (χ2n) is 5.61. The molecule has 0 N–H and O–H groups in total. The Hall–Kier alpha value is -1.40. The zero-order chi connectivity index (χ0) is 16.5. The van der Waals surface area contributed by atoms with Gasteiger partial charge in [0.05, 0.1) is 29.0 Å². The number of carbonyl (C=O) groups excluding carboxylic acids is 2. The lowest BCUT2D eigenvalue weighted by Gasteiger charge is -2.19. The van der Waals surface area contributed by atoms with Gasteiger partial charge in [0.15, 0.2) is 5.78 Å². The highest BCUT2D eigenvalue weighted by atomic mass is 79.9. The Labute approximate surface area is 141 Å². The Morgan fingerprint density at radius 3 is 2.50 bits per heavy atom. The molecule has 0 fully saturated rings. The fourth-order valence-corrected chi connectivity index (χ4v) is 3.70. The average molecular weight is 385 g/mol. The van der Waals surface area contributed by atoms with Crippen molar-refractivity contribution in [3.63, 3.8) is 0 Å². The maximum Gasteiger partial charge on any atom is 0.311 e. The van der Waals surface area contributed by atoms with E-state index in [1.807, 2.05) is 18.2 Å². The highest BCUT2D eigenvalue weighted by Gasteiger charge is 2.32. The number of methoxy groups -OCH3 is 2. The minimum absolute atomic E-state index is 0.0633. The number of benzene rings is 1. The first-order valence-electron chi connectivity index (χ1n) is 6.67. The number of hydrogen-bond acceptors (Lipinski definition) is 5. The first-order valence-corrected chi connectivity index (χ1v) is 8.28. The highest BCUT2D eigenvalue weighted by Crippen LogP contribution is 2.36. The van der Waals surface area contributed by atoms with Gasteiger partial charge in [0.25, 0.3) is 0 Å². The van der Waals surface area contributed by atoms with Crippen LogP contribution in [-0.4, -0.2) is 26.0 Å². The van der Waals surface area contributed by atoms with Crippen LogP contribution in [0.2, 0.25) is 0 Å². The van der Waals surface area contributed by atoms with E-state index in [0.717, 1.165) is 20.3 Å². The molecule has 0 saturated heterocycles. The highest BCUT2D eigenvalue weighted by molar-refractivity contribution is 9.10. The lowest BCUT2D eigenvalue weighted by molar-refractivity contribution is -0.150. The molecule has 0 unspecified atom stereocenters.